The van der Waals surface area contributed by atoms with Crippen LogP contribution in [0.2, 0.25) is 0 Å². The first kappa shape index (κ1) is 26.4. The smallest absolute Gasteiger partial charge is 0.310 e. The number of nitrogens with zero attached hydrogens (tertiary/aromatic N) is 1. The quantitative estimate of drug-likeness (QED) is 0.232. The van der Waals surface area contributed by atoms with E-state index >= 15 is 0 Å². The summed E-state index contributed by atoms with van der Waals surface area (Å²) in [4.78, 5) is 16.4. The Morgan fingerprint density at radius 1 is 1.08 bits per heavy atom. The molecule has 4 aromatic rings. The monoisotopic (exact) mass is 522 g/mol. The molecule has 0 saturated heterocycles. The Morgan fingerprint density at radius 3 is 2.85 bits per heavy atom. The van der Waals surface area contributed by atoms with Crippen molar-refractivity contribution in [2.24, 2.45) is 16.6 Å². The third-order valence-corrected chi connectivity index (χ3v) is 6.89. The molecule has 1 unspecified atom stereocenters. The Kier molecular flexibility index (Phi) is 8.54. The Balaban J connectivity index is 1.46. The SMILES string of the molecule is CCOC(=O)Cc1ccccc1OCc1cc(-c2cccc(CN)c2)c2oc(CC3C=CN=CCC3)cc2c1. The van der Waals surface area contributed by atoms with Crippen molar-refractivity contribution in [3.05, 3.63) is 101 Å². The second-order valence-electron chi connectivity index (χ2n) is 9.77. The van der Waals surface area contributed by atoms with Gasteiger partial charge in [-0.05, 0) is 72.7 Å². The van der Waals surface area contributed by atoms with Crippen molar-refractivity contribution in [1.29, 1.82) is 0 Å². The summed E-state index contributed by atoms with van der Waals surface area (Å²) in [6.07, 6.45) is 9.03. The predicted octanol–water partition coefficient (Wildman–Crippen LogP) is 6.78. The van der Waals surface area contributed by atoms with Gasteiger partial charge in [0.15, 0.2) is 0 Å². The third-order valence-electron chi connectivity index (χ3n) is 6.89. The number of ether oxygens (including phenoxy) is 2. The molecule has 6 heteroatoms. The van der Waals surface area contributed by atoms with Crippen LogP contribution in [-0.2, 0) is 35.5 Å². The van der Waals surface area contributed by atoms with Crippen LogP contribution >= 0.6 is 0 Å². The molecule has 0 radical (unpaired) electrons. The molecule has 0 saturated carbocycles. The van der Waals surface area contributed by atoms with Gasteiger partial charge in [0, 0.05) is 41.9 Å². The maximum absolute atomic E-state index is 12.1. The summed E-state index contributed by atoms with van der Waals surface area (Å²) in [5.74, 6) is 1.75. The van der Waals surface area contributed by atoms with Crippen LogP contribution in [0, 0.1) is 5.92 Å². The van der Waals surface area contributed by atoms with Gasteiger partial charge in [0.25, 0.3) is 0 Å². The van der Waals surface area contributed by atoms with E-state index in [2.05, 4.69) is 41.4 Å². The summed E-state index contributed by atoms with van der Waals surface area (Å²) in [6.45, 7) is 2.98. The highest BCUT2D eigenvalue weighted by Gasteiger charge is 2.17. The summed E-state index contributed by atoms with van der Waals surface area (Å²) >= 11 is 0. The number of nitrogens with two attached hydrogens (primary N) is 1. The van der Waals surface area contributed by atoms with Crippen LogP contribution in [0.5, 0.6) is 5.75 Å². The molecule has 0 fully saturated rings. The number of aliphatic imine (C=N–C) groups is 1. The number of carbonyl (C=O) groups excluding carboxylic acids is 1. The van der Waals surface area contributed by atoms with Gasteiger partial charge in [-0.15, -0.1) is 0 Å². The van der Waals surface area contributed by atoms with Crippen molar-refractivity contribution >= 4 is 23.2 Å². The summed E-state index contributed by atoms with van der Waals surface area (Å²) in [5.41, 5.74) is 11.7. The van der Waals surface area contributed by atoms with E-state index in [4.69, 9.17) is 19.6 Å². The van der Waals surface area contributed by atoms with E-state index in [1.807, 2.05) is 48.8 Å². The fourth-order valence-electron chi connectivity index (χ4n) is 4.97. The Bertz CT molecular complexity index is 1500. The topological polar surface area (TPSA) is 87.0 Å². The molecule has 0 aliphatic carbocycles. The minimum Gasteiger partial charge on any atom is -0.489 e. The highest BCUT2D eigenvalue weighted by Crippen LogP contribution is 2.35. The molecule has 0 bridgehead atoms. The van der Waals surface area contributed by atoms with Crippen LogP contribution in [0.25, 0.3) is 22.1 Å². The van der Waals surface area contributed by atoms with E-state index in [0.717, 1.165) is 63.8 Å². The number of furan rings is 1. The Labute approximate surface area is 229 Å². The average molecular weight is 523 g/mol. The first-order chi connectivity index (χ1) is 19.1. The molecule has 0 spiro atoms. The van der Waals surface area contributed by atoms with Gasteiger partial charge in [-0.1, -0.05) is 42.5 Å². The first-order valence-electron chi connectivity index (χ1n) is 13.5. The molecule has 6 nitrogen and oxygen atoms in total. The normalized spacial score (nSPS) is 14.9. The third kappa shape index (κ3) is 6.65. The number of esters is 1. The Hall–Kier alpha value is -4.16. The summed E-state index contributed by atoms with van der Waals surface area (Å²) in [7, 11) is 0. The van der Waals surface area contributed by atoms with Gasteiger partial charge in [0.2, 0.25) is 0 Å². The maximum Gasteiger partial charge on any atom is 0.310 e. The molecule has 2 N–H and O–H groups in total. The number of hydrogen-bond donors (Lipinski definition) is 1. The highest BCUT2D eigenvalue weighted by molar-refractivity contribution is 5.93. The zero-order valence-corrected chi connectivity index (χ0v) is 22.3. The highest BCUT2D eigenvalue weighted by atomic mass is 16.5. The lowest BCUT2D eigenvalue weighted by atomic mass is 9.97. The van der Waals surface area contributed by atoms with E-state index in [1.54, 1.807) is 6.92 Å². The van der Waals surface area contributed by atoms with E-state index in [-0.39, 0.29) is 12.4 Å². The molecule has 200 valence electrons. The molecular formula is C33H34N2O4. The molecule has 1 atom stereocenters. The molecule has 1 aliphatic rings. The number of allylic oxidation sites excluding steroid dienone is 1. The summed E-state index contributed by atoms with van der Waals surface area (Å²) < 4.78 is 17.9. The number of hydrogen-bond acceptors (Lipinski definition) is 6. The average Bonchev–Trinajstić information content (AvgIpc) is 3.17. The van der Waals surface area contributed by atoms with Gasteiger partial charge in [-0.2, -0.15) is 0 Å². The number of para-hydroxylation sites is 1. The lowest BCUT2D eigenvalue weighted by Gasteiger charge is -2.13. The lowest BCUT2D eigenvalue weighted by Crippen LogP contribution is -2.09. The van der Waals surface area contributed by atoms with Crippen LogP contribution < -0.4 is 10.5 Å². The van der Waals surface area contributed by atoms with Crippen LogP contribution in [0.1, 0.15) is 42.2 Å². The van der Waals surface area contributed by atoms with Crippen LogP contribution in [-0.4, -0.2) is 18.8 Å². The van der Waals surface area contributed by atoms with E-state index < -0.39 is 0 Å². The van der Waals surface area contributed by atoms with E-state index in [0.29, 0.717) is 31.4 Å². The second-order valence-corrected chi connectivity index (χ2v) is 9.77. The van der Waals surface area contributed by atoms with Crippen molar-refractivity contribution in [2.45, 2.75) is 45.8 Å². The van der Waals surface area contributed by atoms with Gasteiger partial charge < -0.3 is 19.6 Å². The van der Waals surface area contributed by atoms with Crippen molar-refractivity contribution in [3.63, 3.8) is 0 Å². The van der Waals surface area contributed by atoms with E-state index in [9.17, 15) is 4.79 Å². The first-order valence-corrected chi connectivity index (χ1v) is 13.5. The lowest BCUT2D eigenvalue weighted by molar-refractivity contribution is -0.142. The number of fused-ring (bicyclic) bond motifs is 1. The van der Waals surface area contributed by atoms with Crippen molar-refractivity contribution in [1.82, 2.24) is 0 Å². The molecule has 1 aliphatic heterocycles. The molecular weight excluding hydrogens is 488 g/mol. The fourth-order valence-corrected chi connectivity index (χ4v) is 4.97. The molecule has 3 aromatic carbocycles. The zero-order valence-electron chi connectivity index (χ0n) is 22.3. The summed E-state index contributed by atoms with van der Waals surface area (Å²) in [5, 5.41) is 1.04. The van der Waals surface area contributed by atoms with E-state index in [1.165, 1.54) is 0 Å². The molecule has 1 aromatic heterocycles. The van der Waals surface area contributed by atoms with Crippen LogP contribution in [0.15, 0.2) is 88.4 Å². The van der Waals surface area contributed by atoms with Crippen molar-refractivity contribution in [2.75, 3.05) is 6.61 Å². The largest absolute Gasteiger partial charge is 0.489 e. The number of carbonyl (C=O) groups is 1. The summed E-state index contributed by atoms with van der Waals surface area (Å²) in [6, 6.07) is 22.2. The van der Waals surface area contributed by atoms with Crippen LogP contribution in [0.4, 0.5) is 0 Å². The molecule has 5 rings (SSSR count). The Morgan fingerprint density at radius 2 is 1.97 bits per heavy atom. The fraction of sp³-hybridized carbons (Fsp3) is 0.273. The van der Waals surface area contributed by atoms with Gasteiger partial charge in [-0.25, -0.2) is 0 Å². The molecule has 2 heterocycles. The van der Waals surface area contributed by atoms with Gasteiger partial charge in [0.1, 0.15) is 23.7 Å². The van der Waals surface area contributed by atoms with Crippen LogP contribution in [0.3, 0.4) is 0 Å². The minimum absolute atomic E-state index is 0.173. The maximum atomic E-state index is 12.1. The number of benzene rings is 3. The van der Waals surface area contributed by atoms with Gasteiger partial charge >= 0.3 is 5.97 Å². The zero-order chi connectivity index (χ0) is 27.0. The predicted molar refractivity (Wildman–Crippen MR) is 155 cm³/mol. The van der Waals surface area contributed by atoms with Gasteiger partial charge in [0.05, 0.1) is 13.0 Å². The van der Waals surface area contributed by atoms with Gasteiger partial charge in [-0.3, -0.25) is 9.79 Å². The standard InChI is InChI=1S/C33H34N2O4/c1-2-37-32(36)20-27-9-3-4-11-31(27)38-22-25-16-28-19-29(17-23-8-6-13-35-14-12-23)39-33(28)30(18-25)26-10-5-7-24(15-26)21-34/h3-5,7,9-16,18-19,23H,2,6,8,17,20-22,34H2,1H3. The second kappa shape index (κ2) is 12.6. The minimum atomic E-state index is -0.266. The molecule has 39 heavy (non-hydrogen) atoms. The molecule has 0 amide bonds. The van der Waals surface area contributed by atoms with Crippen molar-refractivity contribution < 1.29 is 18.7 Å². The number of rotatable bonds is 10. The van der Waals surface area contributed by atoms with Crippen molar-refractivity contribution in [3.8, 4) is 16.9 Å².